The lowest BCUT2D eigenvalue weighted by Gasteiger charge is -2.34. The maximum atomic E-state index is 13.3. The number of halogens is 3. The van der Waals surface area contributed by atoms with Gasteiger partial charge in [0, 0.05) is 25.8 Å². The number of carbonyl (C=O) groups excluding carboxylic acids is 3. The van der Waals surface area contributed by atoms with Crippen LogP contribution in [-0.4, -0.2) is 53.8 Å². The van der Waals surface area contributed by atoms with Gasteiger partial charge in [0.05, 0.1) is 16.7 Å². The third-order valence-corrected chi connectivity index (χ3v) is 6.03. The first-order valence-corrected chi connectivity index (χ1v) is 11.8. The number of hydrogen-bond donors (Lipinski definition) is 1. The second-order valence-corrected chi connectivity index (χ2v) is 8.57. The zero-order chi connectivity index (χ0) is 26.4. The van der Waals surface area contributed by atoms with Crippen molar-refractivity contribution in [3.05, 3.63) is 95.2 Å². The van der Waals surface area contributed by atoms with E-state index in [0.717, 1.165) is 29.9 Å². The van der Waals surface area contributed by atoms with Crippen molar-refractivity contribution in [1.29, 1.82) is 0 Å². The van der Waals surface area contributed by atoms with Crippen molar-refractivity contribution < 1.29 is 27.6 Å². The predicted molar refractivity (Wildman–Crippen MR) is 131 cm³/mol. The topological polar surface area (TPSA) is 82.6 Å². The molecule has 0 spiro atoms. The molecule has 1 aromatic heterocycles. The van der Waals surface area contributed by atoms with Gasteiger partial charge >= 0.3 is 6.18 Å². The summed E-state index contributed by atoms with van der Waals surface area (Å²) in [7, 11) is 0. The van der Waals surface area contributed by atoms with E-state index in [2.05, 4.69) is 10.3 Å². The Bertz CT molecular complexity index is 1260. The molecular formula is C27H25F3N4O3. The monoisotopic (exact) mass is 510 g/mol. The van der Waals surface area contributed by atoms with Gasteiger partial charge < -0.3 is 10.2 Å². The van der Waals surface area contributed by atoms with Crippen LogP contribution in [0.2, 0.25) is 0 Å². The van der Waals surface area contributed by atoms with Gasteiger partial charge in [-0.15, -0.1) is 0 Å². The first kappa shape index (κ1) is 25.9. The Morgan fingerprint density at radius 1 is 0.946 bits per heavy atom. The van der Waals surface area contributed by atoms with Crippen LogP contribution >= 0.6 is 0 Å². The number of aromatic nitrogens is 1. The highest BCUT2D eigenvalue weighted by Gasteiger charge is 2.37. The van der Waals surface area contributed by atoms with E-state index >= 15 is 0 Å². The van der Waals surface area contributed by atoms with Crippen LogP contribution in [0.1, 0.15) is 38.3 Å². The smallest absolute Gasteiger partial charge is 0.352 e. The first-order valence-electron chi connectivity index (χ1n) is 11.8. The Morgan fingerprint density at radius 3 is 2.35 bits per heavy atom. The minimum absolute atomic E-state index is 0.0437. The number of aryl methyl sites for hydroxylation is 1. The maximum absolute atomic E-state index is 13.3. The summed E-state index contributed by atoms with van der Waals surface area (Å²) < 4.78 is 39.9. The van der Waals surface area contributed by atoms with Crippen LogP contribution in [0.4, 0.5) is 19.0 Å². The summed E-state index contributed by atoms with van der Waals surface area (Å²) in [5.74, 6) is -1.31. The van der Waals surface area contributed by atoms with Crippen LogP contribution in [0.3, 0.4) is 0 Å². The SMILES string of the molecule is O=C(NCCCc1ccccc1)c1ccc(N2CCN(C(=O)c3ccccc3C(F)(F)F)CC2=O)nc1. The van der Waals surface area contributed by atoms with E-state index in [9.17, 15) is 27.6 Å². The standard InChI is InChI=1S/C27H25F3N4O3/c28-27(29,30)22-11-5-4-10-21(22)26(37)33-15-16-34(24(35)18-33)23-13-12-20(17-32-23)25(36)31-14-6-9-19-7-2-1-3-8-19/h1-5,7-8,10-13,17H,6,9,14-16,18H2,(H,31,36). The maximum Gasteiger partial charge on any atom is 0.417 e. The number of rotatable bonds is 7. The molecule has 7 nitrogen and oxygen atoms in total. The molecule has 1 aliphatic heterocycles. The largest absolute Gasteiger partial charge is 0.417 e. The summed E-state index contributed by atoms with van der Waals surface area (Å²) in [5, 5.41) is 2.84. The first-order chi connectivity index (χ1) is 17.7. The lowest BCUT2D eigenvalue weighted by Crippen LogP contribution is -2.52. The Labute approximate surface area is 211 Å². The Balaban J connectivity index is 1.32. The molecule has 192 valence electrons. The summed E-state index contributed by atoms with van der Waals surface area (Å²) in [6.07, 6.45) is -1.69. The lowest BCUT2D eigenvalue weighted by atomic mass is 10.1. The fourth-order valence-corrected chi connectivity index (χ4v) is 4.10. The number of hydrogen-bond acceptors (Lipinski definition) is 4. The molecule has 0 radical (unpaired) electrons. The molecule has 0 unspecified atom stereocenters. The van der Waals surface area contributed by atoms with Gasteiger partial charge in [0.25, 0.3) is 11.8 Å². The molecule has 0 saturated carbocycles. The number of amides is 3. The zero-order valence-electron chi connectivity index (χ0n) is 19.9. The van der Waals surface area contributed by atoms with E-state index in [-0.39, 0.29) is 25.5 Å². The number of anilines is 1. The molecule has 0 bridgehead atoms. The molecule has 3 amide bonds. The third kappa shape index (κ3) is 6.32. The molecule has 4 rings (SSSR count). The van der Waals surface area contributed by atoms with Crippen molar-refractivity contribution in [1.82, 2.24) is 15.2 Å². The predicted octanol–water partition coefficient (Wildman–Crippen LogP) is 3.95. The van der Waals surface area contributed by atoms with Crippen LogP contribution in [0, 0.1) is 0 Å². The number of piperazine rings is 1. The number of nitrogens with one attached hydrogen (secondary N) is 1. The average molecular weight is 511 g/mol. The molecule has 3 aromatic rings. The van der Waals surface area contributed by atoms with Crippen LogP contribution in [0.15, 0.2) is 72.9 Å². The molecule has 2 aromatic carbocycles. The number of benzene rings is 2. The van der Waals surface area contributed by atoms with Gasteiger partial charge in [-0.05, 0) is 42.7 Å². The molecule has 37 heavy (non-hydrogen) atoms. The summed E-state index contributed by atoms with van der Waals surface area (Å²) >= 11 is 0. The van der Waals surface area contributed by atoms with Crippen molar-refractivity contribution in [3.8, 4) is 0 Å². The van der Waals surface area contributed by atoms with Crippen LogP contribution in [0.25, 0.3) is 0 Å². The highest BCUT2D eigenvalue weighted by molar-refractivity contribution is 6.02. The second-order valence-electron chi connectivity index (χ2n) is 8.57. The normalized spacial score (nSPS) is 14.0. The number of alkyl halides is 3. The quantitative estimate of drug-likeness (QED) is 0.488. The molecule has 1 aliphatic rings. The summed E-state index contributed by atoms with van der Waals surface area (Å²) in [5.41, 5.74) is 0.00580. The number of carbonyl (C=O) groups is 3. The van der Waals surface area contributed by atoms with Gasteiger partial charge in [0.1, 0.15) is 12.4 Å². The molecule has 1 saturated heterocycles. The Morgan fingerprint density at radius 2 is 1.68 bits per heavy atom. The van der Waals surface area contributed by atoms with Crippen LogP contribution in [0.5, 0.6) is 0 Å². The van der Waals surface area contributed by atoms with E-state index in [0.29, 0.717) is 17.9 Å². The Kier molecular flexibility index (Phi) is 7.86. The molecule has 0 aliphatic carbocycles. The summed E-state index contributed by atoms with van der Waals surface area (Å²) in [6, 6.07) is 17.6. The number of pyridine rings is 1. The number of nitrogens with zero attached hydrogens (tertiary/aromatic N) is 3. The van der Waals surface area contributed by atoms with Crippen LogP contribution in [-0.2, 0) is 17.4 Å². The lowest BCUT2D eigenvalue weighted by molar-refractivity contribution is -0.138. The summed E-state index contributed by atoms with van der Waals surface area (Å²) in [6.45, 7) is 0.233. The molecule has 1 N–H and O–H groups in total. The van der Waals surface area contributed by atoms with E-state index in [1.807, 2.05) is 30.3 Å². The molecular weight excluding hydrogens is 485 g/mol. The van der Waals surface area contributed by atoms with E-state index in [1.165, 1.54) is 34.9 Å². The van der Waals surface area contributed by atoms with Crippen LogP contribution < -0.4 is 10.2 Å². The second kappa shape index (κ2) is 11.2. The van der Waals surface area contributed by atoms with E-state index in [1.54, 1.807) is 6.07 Å². The summed E-state index contributed by atoms with van der Waals surface area (Å²) in [4.78, 5) is 44.5. The minimum atomic E-state index is -4.68. The van der Waals surface area contributed by atoms with Crippen molar-refractivity contribution >= 4 is 23.5 Å². The highest BCUT2D eigenvalue weighted by atomic mass is 19.4. The van der Waals surface area contributed by atoms with Gasteiger partial charge in [-0.1, -0.05) is 42.5 Å². The van der Waals surface area contributed by atoms with Crippen molar-refractivity contribution in [2.45, 2.75) is 19.0 Å². The van der Waals surface area contributed by atoms with Gasteiger partial charge in [0.2, 0.25) is 5.91 Å². The van der Waals surface area contributed by atoms with Gasteiger partial charge in [-0.3, -0.25) is 19.3 Å². The fraction of sp³-hybridized carbons (Fsp3) is 0.259. The Hall–Kier alpha value is -4.21. The highest BCUT2D eigenvalue weighted by Crippen LogP contribution is 2.32. The molecule has 2 heterocycles. The van der Waals surface area contributed by atoms with Gasteiger partial charge in [0.15, 0.2) is 0 Å². The molecule has 0 atom stereocenters. The van der Waals surface area contributed by atoms with Gasteiger partial charge in [-0.25, -0.2) is 4.98 Å². The van der Waals surface area contributed by atoms with Crippen molar-refractivity contribution in [2.24, 2.45) is 0 Å². The van der Waals surface area contributed by atoms with E-state index < -0.39 is 29.1 Å². The zero-order valence-corrected chi connectivity index (χ0v) is 19.9. The molecule has 1 fully saturated rings. The minimum Gasteiger partial charge on any atom is -0.352 e. The van der Waals surface area contributed by atoms with E-state index in [4.69, 9.17) is 0 Å². The fourth-order valence-electron chi connectivity index (χ4n) is 4.10. The van der Waals surface area contributed by atoms with Crippen molar-refractivity contribution in [3.63, 3.8) is 0 Å². The van der Waals surface area contributed by atoms with Crippen molar-refractivity contribution in [2.75, 3.05) is 31.1 Å². The average Bonchev–Trinajstić information content (AvgIpc) is 2.91. The molecule has 10 heteroatoms. The third-order valence-electron chi connectivity index (χ3n) is 6.03. The van der Waals surface area contributed by atoms with Gasteiger partial charge in [-0.2, -0.15) is 13.2 Å².